The zero-order valence-corrected chi connectivity index (χ0v) is 10.8. The molecule has 1 fully saturated rings. The second kappa shape index (κ2) is 6.17. The van der Waals surface area contributed by atoms with E-state index in [2.05, 4.69) is 25.6 Å². The van der Waals surface area contributed by atoms with E-state index in [-0.39, 0.29) is 22.7 Å². The number of carbonyl (C=O) groups is 1. The molecule has 1 saturated carbocycles. The zero-order valence-electron chi connectivity index (χ0n) is 10.8. The predicted octanol–water partition coefficient (Wildman–Crippen LogP) is 0.582. The summed E-state index contributed by atoms with van der Waals surface area (Å²) in [5.41, 5.74) is 2.92. The highest BCUT2D eigenvalue weighted by atomic mass is 16.8. The Hall–Kier alpha value is -2.12. The lowest BCUT2D eigenvalue weighted by molar-refractivity contribution is -0.806. The van der Waals surface area contributed by atoms with Crippen LogP contribution in [0.3, 0.4) is 0 Å². The molecule has 19 heavy (non-hydrogen) atoms. The second-order valence-corrected chi connectivity index (χ2v) is 4.58. The fourth-order valence-electron chi connectivity index (χ4n) is 2.04. The molecule has 1 aliphatic rings. The first kappa shape index (κ1) is 13.3. The maximum absolute atomic E-state index is 11.5. The molecule has 1 aromatic rings. The summed E-state index contributed by atoms with van der Waals surface area (Å²) in [5, 5.41) is 21.0. The van der Waals surface area contributed by atoms with Crippen LogP contribution >= 0.6 is 0 Å². The van der Waals surface area contributed by atoms with E-state index in [0.717, 1.165) is 25.7 Å². The van der Waals surface area contributed by atoms with Gasteiger partial charge >= 0.3 is 6.03 Å². The van der Waals surface area contributed by atoms with Gasteiger partial charge in [0.15, 0.2) is 0 Å². The van der Waals surface area contributed by atoms with Crippen molar-refractivity contribution in [3.8, 4) is 0 Å². The van der Waals surface area contributed by atoms with Crippen LogP contribution in [0.15, 0.2) is 9.73 Å². The van der Waals surface area contributed by atoms with E-state index in [0.29, 0.717) is 5.69 Å². The lowest BCUT2D eigenvalue weighted by Crippen LogP contribution is -2.41. The smallest absolute Gasteiger partial charge is 0.335 e. The van der Waals surface area contributed by atoms with Crippen LogP contribution in [0.4, 0.5) is 4.79 Å². The SMILES string of the molecule is Cc1c(/C=N/NC(=O)NC2CCCCC2)no[n+]1[O-]. The molecule has 0 bridgehead atoms. The Labute approximate surface area is 110 Å². The van der Waals surface area contributed by atoms with Crippen LogP contribution in [0.25, 0.3) is 0 Å². The molecule has 0 unspecified atom stereocenters. The van der Waals surface area contributed by atoms with Gasteiger partial charge in [-0.25, -0.2) is 10.2 Å². The molecule has 8 nitrogen and oxygen atoms in total. The summed E-state index contributed by atoms with van der Waals surface area (Å²) >= 11 is 0. The molecule has 0 saturated heterocycles. The Bertz CT molecular complexity index is 465. The topological polar surface area (TPSA) is 106 Å². The van der Waals surface area contributed by atoms with E-state index < -0.39 is 0 Å². The van der Waals surface area contributed by atoms with Gasteiger partial charge in [-0.2, -0.15) is 5.10 Å². The highest BCUT2D eigenvalue weighted by Crippen LogP contribution is 2.16. The summed E-state index contributed by atoms with van der Waals surface area (Å²) in [6.07, 6.45) is 6.82. The first-order chi connectivity index (χ1) is 9.16. The van der Waals surface area contributed by atoms with Crippen LogP contribution in [0.2, 0.25) is 0 Å². The summed E-state index contributed by atoms with van der Waals surface area (Å²) in [6.45, 7) is 1.55. The second-order valence-electron chi connectivity index (χ2n) is 4.58. The van der Waals surface area contributed by atoms with Crippen molar-refractivity contribution in [1.82, 2.24) is 15.9 Å². The predicted molar refractivity (Wildman–Crippen MR) is 66.3 cm³/mol. The minimum Gasteiger partial charge on any atom is -0.359 e. The van der Waals surface area contributed by atoms with Gasteiger partial charge in [-0.05, 0) is 17.7 Å². The van der Waals surface area contributed by atoms with Crippen molar-refractivity contribution in [3.05, 3.63) is 16.6 Å². The van der Waals surface area contributed by atoms with E-state index in [1.54, 1.807) is 6.92 Å². The van der Waals surface area contributed by atoms with E-state index in [4.69, 9.17) is 0 Å². The number of carbonyl (C=O) groups excluding carboxylic acids is 1. The largest absolute Gasteiger partial charge is 0.359 e. The number of nitrogens with zero attached hydrogens (tertiary/aromatic N) is 3. The fourth-order valence-corrected chi connectivity index (χ4v) is 2.04. The molecule has 0 aliphatic heterocycles. The summed E-state index contributed by atoms with van der Waals surface area (Å²) in [6, 6.07) is -0.124. The van der Waals surface area contributed by atoms with E-state index in [1.807, 2.05) is 0 Å². The summed E-state index contributed by atoms with van der Waals surface area (Å²) in [5.74, 6) is 0. The van der Waals surface area contributed by atoms with Gasteiger partial charge in [-0.3, -0.25) is 4.63 Å². The van der Waals surface area contributed by atoms with Gasteiger partial charge in [0.2, 0.25) is 5.69 Å². The Morgan fingerprint density at radius 3 is 2.89 bits per heavy atom. The van der Waals surface area contributed by atoms with Gasteiger partial charge in [0.1, 0.15) is 6.21 Å². The molecule has 1 aliphatic carbocycles. The number of aromatic nitrogens is 2. The van der Waals surface area contributed by atoms with Crippen LogP contribution in [0, 0.1) is 12.1 Å². The lowest BCUT2D eigenvalue weighted by Gasteiger charge is -2.22. The van der Waals surface area contributed by atoms with Crippen molar-refractivity contribution in [2.24, 2.45) is 5.10 Å². The molecule has 1 heterocycles. The summed E-state index contributed by atoms with van der Waals surface area (Å²) in [4.78, 5) is 11.8. The van der Waals surface area contributed by atoms with Crippen LogP contribution in [-0.2, 0) is 0 Å². The number of amides is 2. The molecule has 8 heteroatoms. The van der Waals surface area contributed by atoms with Gasteiger partial charge < -0.3 is 10.5 Å². The first-order valence-electron chi connectivity index (χ1n) is 6.32. The third-order valence-electron chi connectivity index (χ3n) is 3.15. The maximum atomic E-state index is 11.5. The van der Waals surface area contributed by atoms with Crippen molar-refractivity contribution in [2.75, 3.05) is 0 Å². The Kier molecular flexibility index (Phi) is 4.32. The summed E-state index contributed by atoms with van der Waals surface area (Å²) in [7, 11) is 0. The van der Waals surface area contributed by atoms with Crippen molar-refractivity contribution in [3.63, 3.8) is 0 Å². The number of urea groups is 1. The first-order valence-corrected chi connectivity index (χ1v) is 6.32. The molecule has 0 atom stereocenters. The third-order valence-corrected chi connectivity index (χ3v) is 3.15. The number of hydrazone groups is 1. The van der Waals surface area contributed by atoms with Gasteiger partial charge in [0.05, 0.1) is 0 Å². The number of hydrogen-bond donors (Lipinski definition) is 2. The monoisotopic (exact) mass is 267 g/mol. The lowest BCUT2D eigenvalue weighted by atomic mass is 9.96. The van der Waals surface area contributed by atoms with Crippen LogP contribution < -0.4 is 15.6 Å². The normalized spacial score (nSPS) is 16.7. The molecule has 1 aromatic heterocycles. The van der Waals surface area contributed by atoms with Crippen molar-refractivity contribution in [2.45, 2.75) is 45.1 Å². The van der Waals surface area contributed by atoms with Crippen LogP contribution in [0.1, 0.15) is 43.5 Å². The van der Waals surface area contributed by atoms with Gasteiger partial charge in [-0.1, -0.05) is 19.3 Å². The van der Waals surface area contributed by atoms with Gasteiger partial charge in [0.25, 0.3) is 5.69 Å². The Balaban J connectivity index is 1.78. The molecule has 2 amide bonds. The number of rotatable bonds is 3. The fraction of sp³-hybridized carbons (Fsp3) is 0.636. The number of hydrogen-bond acceptors (Lipinski definition) is 5. The standard InChI is InChI=1S/C11H17N5O3/c1-8-10(15-19-16(8)18)7-12-14-11(17)13-9-5-3-2-4-6-9/h7,9H,2-6H2,1H3,(H2,13,14,17)/b12-7+. The highest BCUT2D eigenvalue weighted by Gasteiger charge is 2.15. The summed E-state index contributed by atoms with van der Waals surface area (Å²) < 4.78 is 4.37. The number of nitrogens with one attached hydrogen (secondary N) is 2. The zero-order chi connectivity index (χ0) is 13.7. The maximum Gasteiger partial charge on any atom is 0.335 e. The minimum absolute atomic E-state index is 0.224. The molecule has 0 aromatic carbocycles. The van der Waals surface area contributed by atoms with E-state index in [9.17, 15) is 10.0 Å². The Morgan fingerprint density at radius 2 is 2.26 bits per heavy atom. The molecular weight excluding hydrogens is 250 g/mol. The third kappa shape index (κ3) is 3.67. The van der Waals surface area contributed by atoms with Gasteiger partial charge in [0, 0.05) is 18.1 Å². The van der Waals surface area contributed by atoms with Crippen LogP contribution in [0.5, 0.6) is 0 Å². The quantitative estimate of drug-likeness (QED) is 0.474. The average molecular weight is 267 g/mol. The highest BCUT2D eigenvalue weighted by molar-refractivity contribution is 5.80. The minimum atomic E-state index is -0.348. The molecule has 0 spiro atoms. The average Bonchev–Trinajstić information content (AvgIpc) is 2.72. The van der Waals surface area contributed by atoms with Crippen LogP contribution in [-0.4, -0.2) is 23.4 Å². The van der Waals surface area contributed by atoms with Crippen molar-refractivity contribution in [1.29, 1.82) is 0 Å². The van der Waals surface area contributed by atoms with E-state index in [1.165, 1.54) is 12.6 Å². The Morgan fingerprint density at radius 1 is 1.53 bits per heavy atom. The molecular formula is C11H17N5O3. The molecule has 2 rings (SSSR count). The van der Waals surface area contributed by atoms with Crippen molar-refractivity contribution >= 4 is 12.2 Å². The van der Waals surface area contributed by atoms with Crippen molar-refractivity contribution < 1.29 is 14.3 Å². The molecule has 2 N–H and O–H groups in total. The molecule has 104 valence electrons. The molecule has 0 radical (unpaired) electrons. The van der Waals surface area contributed by atoms with Gasteiger partial charge in [-0.15, -0.1) is 0 Å². The van der Waals surface area contributed by atoms with E-state index >= 15 is 0 Å².